The smallest absolute Gasteiger partial charge is 0.337 e. The zero-order chi connectivity index (χ0) is 21.4. The SMILES string of the molecule is O=C(O)c1cccc2c1N[C@H](c1ccc3c4c(cccc14)CC3)[C@H]1Cc3ccccc3[C@H]21. The van der Waals surface area contributed by atoms with Gasteiger partial charge in [0, 0.05) is 5.92 Å². The number of benzene rings is 4. The van der Waals surface area contributed by atoms with Crippen LogP contribution in [0, 0.1) is 5.92 Å². The molecule has 4 aromatic rings. The molecule has 7 rings (SSSR count). The third-order valence-corrected chi connectivity index (χ3v) is 7.91. The minimum Gasteiger partial charge on any atom is -0.478 e. The number of carboxylic acids is 1. The second-order valence-electron chi connectivity index (χ2n) is 9.40. The fourth-order valence-electron chi connectivity index (χ4n) is 6.61. The van der Waals surface area contributed by atoms with E-state index in [1.165, 1.54) is 38.6 Å². The van der Waals surface area contributed by atoms with Crippen LogP contribution in [0.4, 0.5) is 5.69 Å². The van der Waals surface area contributed by atoms with E-state index in [0.717, 1.165) is 30.5 Å². The molecule has 0 bridgehead atoms. The fraction of sp³-hybridized carbons (Fsp3) is 0.207. The summed E-state index contributed by atoms with van der Waals surface area (Å²) in [7, 11) is 0. The number of anilines is 1. The number of rotatable bonds is 2. The summed E-state index contributed by atoms with van der Waals surface area (Å²) < 4.78 is 0. The van der Waals surface area contributed by atoms with Gasteiger partial charge in [-0.2, -0.15) is 0 Å². The van der Waals surface area contributed by atoms with E-state index in [1.807, 2.05) is 6.07 Å². The zero-order valence-corrected chi connectivity index (χ0v) is 17.6. The highest BCUT2D eigenvalue weighted by Gasteiger charge is 2.44. The monoisotopic (exact) mass is 417 g/mol. The van der Waals surface area contributed by atoms with E-state index in [1.54, 1.807) is 6.07 Å². The van der Waals surface area contributed by atoms with Crippen LogP contribution in [-0.4, -0.2) is 11.1 Å². The summed E-state index contributed by atoms with van der Waals surface area (Å²) in [5.41, 5.74) is 9.16. The molecule has 0 saturated carbocycles. The Kier molecular flexibility index (Phi) is 3.64. The van der Waals surface area contributed by atoms with E-state index in [2.05, 4.69) is 66.0 Å². The van der Waals surface area contributed by atoms with Crippen molar-refractivity contribution in [1.29, 1.82) is 0 Å². The molecule has 3 aliphatic rings. The van der Waals surface area contributed by atoms with Crippen LogP contribution in [0.5, 0.6) is 0 Å². The van der Waals surface area contributed by atoms with Crippen molar-refractivity contribution in [3.8, 4) is 0 Å². The summed E-state index contributed by atoms with van der Waals surface area (Å²) in [5, 5.41) is 16.4. The van der Waals surface area contributed by atoms with E-state index >= 15 is 0 Å². The summed E-state index contributed by atoms with van der Waals surface area (Å²) >= 11 is 0. The Bertz CT molecular complexity index is 1430. The summed E-state index contributed by atoms with van der Waals surface area (Å²) in [4.78, 5) is 12.1. The maximum absolute atomic E-state index is 12.1. The van der Waals surface area contributed by atoms with E-state index in [9.17, 15) is 9.90 Å². The maximum Gasteiger partial charge on any atom is 0.337 e. The van der Waals surface area contributed by atoms with Gasteiger partial charge in [-0.05, 0) is 75.4 Å². The highest BCUT2D eigenvalue weighted by Crippen LogP contribution is 2.55. The van der Waals surface area contributed by atoms with Gasteiger partial charge in [-0.3, -0.25) is 0 Å². The Morgan fingerprint density at radius 3 is 2.41 bits per heavy atom. The van der Waals surface area contributed by atoms with Gasteiger partial charge in [0.15, 0.2) is 0 Å². The molecule has 0 saturated heterocycles. The first-order chi connectivity index (χ1) is 15.7. The first-order valence-corrected chi connectivity index (χ1v) is 11.4. The predicted molar refractivity (Wildman–Crippen MR) is 127 cm³/mol. The van der Waals surface area contributed by atoms with Gasteiger partial charge >= 0.3 is 5.97 Å². The molecule has 2 aliphatic carbocycles. The second kappa shape index (κ2) is 6.46. The van der Waals surface area contributed by atoms with Crippen LogP contribution in [0.1, 0.15) is 55.7 Å². The van der Waals surface area contributed by atoms with Crippen molar-refractivity contribution in [3.05, 3.63) is 112 Å². The lowest BCUT2D eigenvalue weighted by molar-refractivity contribution is 0.0697. The van der Waals surface area contributed by atoms with Crippen molar-refractivity contribution >= 4 is 22.4 Å². The number of nitrogens with one attached hydrogen (secondary N) is 1. The number of fused-ring (bicyclic) bond motifs is 5. The number of carboxylic acid groups (broad SMARTS) is 1. The van der Waals surface area contributed by atoms with Gasteiger partial charge in [-0.15, -0.1) is 0 Å². The molecule has 3 nitrogen and oxygen atoms in total. The normalized spacial score (nSPS) is 22.2. The molecule has 1 heterocycles. The first kappa shape index (κ1) is 18.0. The van der Waals surface area contributed by atoms with Gasteiger partial charge in [0.1, 0.15) is 0 Å². The van der Waals surface area contributed by atoms with E-state index in [0.29, 0.717) is 11.5 Å². The van der Waals surface area contributed by atoms with Crippen LogP contribution < -0.4 is 5.32 Å². The molecule has 0 spiro atoms. The Balaban J connectivity index is 1.49. The molecule has 0 amide bonds. The van der Waals surface area contributed by atoms with Crippen LogP contribution in [-0.2, 0) is 19.3 Å². The Labute approximate surface area is 186 Å². The molecule has 32 heavy (non-hydrogen) atoms. The van der Waals surface area contributed by atoms with Crippen molar-refractivity contribution in [1.82, 2.24) is 0 Å². The Morgan fingerprint density at radius 1 is 0.781 bits per heavy atom. The molecule has 0 unspecified atom stereocenters. The number of aryl methyl sites for hydroxylation is 2. The summed E-state index contributed by atoms with van der Waals surface area (Å²) in [6.07, 6.45) is 3.22. The van der Waals surface area contributed by atoms with Gasteiger partial charge in [-0.25, -0.2) is 4.79 Å². The Hall–Kier alpha value is -3.59. The highest BCUT2D eigenvalue weighted by molar-refractivity contribution is 5.97. The fourth-order valence-corrected chi connectivity index (χ4v) is 6.61. The molecule has 156 valence electrons. The predicted octanol–water partition coefficient (Wildman–Crippen LogP) is 6.11. The summed E-state index contributed by atoms with van der Waals surface area (Å²) in [5.74, 6) is -0.324. The van der Waals surface area contributed by atoms with Crippen LogP contribution >= 0.6 is 0 Å². The van der Waals surface area contributed by atoms with E-state index in [-0.39, 0.29) is 12.0 Å². The van der Waals surface area contributed by atoms with Crippen LogP contribution in [0.25, 0.3) is 10.8 Å². The van der Waals surface area contributed by atoms with Crippen molar-refractivity contribution in [2.45, 2.75) is 31.2 Å². The van der Waals surface area contributed by atoms with Crippen LogP contribution in [0.2, 0.25) is 0 Å². The lowest BCUT2D eigenvalue weighted by atomic mass is 9.74. The topological polar surface area (TPSA) is 49.3 Å². The number of para-hydroxylation sites is 1. The first-order valence-electron chi connectivity index (χ1n) is 11.4. The summed E-state index contributed by atoms with van der Waals surface area (Å²) in [6, 6.07) is 25.7. The Morgan fingerprint density at radius 2 is 1.53 bits per heavy atom. The van der Waals surface area contributed by atoms with Crippen molar-refractivity contribution < 1.29 is 9.90 Å². The second-order valence-corrected chi connectivity index (χ2v) is 9.40. The van der Waals surface area contributed by atoms with Gasteiger partial charge in [0.05, 0.1) is 17.3 Å². The zero-order valence-electron chi connectivity index (χ0n) is 17.6. The molecule has 4 aromatic carbocycles. The number of hydrogen-bond acceptors (Lipinski definition) is 2. The quantitative estimate of drug-likeness (QED) is 0.414. The van der Waals surface area contributed by atoms with E-state index < -0.39 is 5.97 Å². The van der Waals surface area contributed by atoms with Crippen molar-refractivity contribution in [3.63, 3.8) is 0 Å². The lowest BCUT2D eigenvalue weighted by Gasteiger charge is -2.39. The average Bonchev–Trinajstić information content (AvgIpc) is 3.42. The maximum atomic E-state index is 12.1. The van der Waals surface area contributed by atoms with Crippen molar-refractivity contribution in [2.75, 3.05) is 5.32 Å². The molecule has 3 atom stereocenters. The van der Waals surface area contributed by atoms with Crippen molar-refractivity contribution in [2.24, 2.45) is 5.92 Å². The standard InChI is InChI=1S/C29H23NO2/c31-29(32)23-10-4-9-22-26-19-7-2-1-5-18(19)15-24(26)27(30-28(22)23)21-14-13-17-12-11-16-6-3-8-20(21)25(16)17/h1-10,13-14,24,26-27,30H,11-12,15H2,(H,31,32)/t24-,26+,27+/m0/s1. The molecular weight excluding hydrogens is 394 g/mol. The minimum atomic E-state index is -0.877. The summed E-state index contributed by atoms with van der Waals surface area (Å²) in [6.45, 7) is 0. The number of aromatic carboxylic acids is 1. The lowest BCUT2D eigenvalue weighted by Crippen LogP contribution is -2.31. The van der Waals surface area contributed by atoms with Crippen LogP contribution in [0.3, 0.4) is 0 Å². The molecule has 2 N–H and O–H groups in total. The van der Waals surface area contributed by atoms with Gasteiger partial charge in [0.25, 0.3) is 0 Å². The minimum absolute atomic E-state index is 0.0605. The molecule has 0 fully saturated rings. The molecule has 3 heteroatoms. The molecule has 0 aromatic heterocycles. The third kappa shape index (κ3) is 2.34. The molecular formula is C29H23NO2. The average molecular weight is 418 g/mol. The highest BCUT2D eigenvalue weighted by atomic mass is 16.4. The largest absolute Gasteiger partial charge is 0.478 e. The third-order valence-electron chi connectivity index (χ3n) is 7.91. The molecule has 1 aliphatic heterocycles. The number of carbonyl (C=O) groups is 1. The van der Waals surface area contributed by atoms with Gasteiger partial charge < -0.3 is 10.4 Å². The molecule has 0 radical (unpaired) electrons. The number of hydrogen-bond donors (Lipinski definition) is 2. The van der Waals surface area contributed by atoms with E-state index in [4.69, 9.17) is 0 Å². The van der Waals surface area contributed by atoms with Gasteiger partial charge in [-0.1, -0.05) is 66.7 Å². The van der Waals surface area contributed by atoms with Gasteiger partial charge in [0.2, 0.25) is 0 Å². The van der Waals surface area contributed by atoms with Crippen LogP contribution in [0.15, 0.2) is 72.8 Å².